The van der Waals surface area contributed by atoms with Crippen molar-refractivity contribution >= 4 is 39.8 Å². The molecule has 1 saturated heterocycles. The topological polar surface area (TPSA) is 93.5 Å². The van der Waals surface area contributed by atoms with Crippen LogP contribution in [0.15, 0.2) is 67.5 Å². The lowest BCUT2D eigenvalue weighted by Gasteiger charge is -2.31. The number of morpholine rings is 1. The molecule has 0 atom stereocenters. The van der Waals surface area contributed by atoms with Crippen LogP contribution < -0.4 is 20.3 Å². The number of rotatable bonds is 7. The molecule has 184 valence electrons. The number of amides is 1. The average molecular weight is 485 g/mol. The zero-order chi connectivity index (χ0) is 25.1. The van der Waals surface area contributed by atoms with Gasteiger partial charge in [0, 0.05) is 55.1 Å². The van der Waals surface area contributed by atoms with Gasteiger partial charge in [-0.3, -0.25) is 4.79 Å². The molecule has 1 amide bonds. The van der Waals surface area contributed by atoms with E-state index >= 15 is 0 Å². The largest absolute Gasteiger partial charge is 0.494 e. The molecule has 0 saturated carbocycles. The van der Waals surface area contributed by atoms with Gasteiger partial charge in [-0.2, -0.15) is 0 Å². The lowest BCUT2D eigenvalue weighted by atomic mass is 10.1. The predicted octanol–water partition coefficient (Wildman–Crippen LogP) is 4.35. The van der Waals surface area contributed by atoms with Gasteiger partial charge in [-0.15, -0.1) is 0 Å². The van der Waals surface area contributed by atoms with Crippen LogP contribution in [0.4, 0.5) is 23.0 Å². The number of nitrogens with zero attached hydrogens (tertiary/aromatic N) is 4. The molecule has 9 nitrogen and oxygen atoms in total. The Hall–Kier alpha value is -4.37. The maximum absolute atomic E-state index is 12.2. The van der Waals surface area contributed by atoms with E-state index in [0.717, 1.165) is 27.8 Å². The van der Waals surface area contributed by atoms with Gasteiger partial charge in [0.05, 0.1) is 43.1 Å². The zero-order valence-electron chi connectivity index (χ0n) is 20.3. The maximum Gasteiger partial charge on any atom is 0.247 e. The third-order valence-electron chi connectivity index (χ3n) is 6.19. The number of aromatic nitrogens is 3. The smallest absolute Gasteiger partial charge is 0.247 e. The summed E-state index contributed by atoms with van der Waals surface area (Å²) in [6.07, 6.45) is 5.04. The Kier molecular flexibility index (Phi) is 6.55. The fourth-order valence-corrected chi connectivity index (χ4v) is 4.42. The first-order valence-corrected chi connectivity index (χ1v) is 11.7. The molecule has 3 heterocycles. The van der Waals surface area contributed by atoms with E-state index in [0.29, 0.717) is 49.4 Å². The van der Waals surface area contributed by atoms with Crippen LogP contribution in [0.5, 0.6) is 5.75 Å². The highest BCUT2D eigenvalue weighted by Gasteiger charge is 2.20. The number of benzene rings is 2. The Bertz CT molecular complexity index is 1420. The highest BCUT2D eigenvalue weighted by atomic mass is 16.5. The lowest BCUT2D eigenvalue weighted by Crippen LogP contribution is -2.36. The molecule has 0 bridgehead atoms. The summed E-state index contributed by atoms with van der Waals surface area (Å²) in [5.74, 6) is 0.723. The number of carbonyl (C=O) groups excluding carboxylic acids is 1. The highest BCUT2D eigenvalue weighted by Crippen LogP contribution is 2.39. The van der Waals surface area contributed by atoms with Crippen LogP contribution in [0.2, 0.25) is 0 Å². The van der Waals surface area contributed by atoms with Crippen molar-refractivity contribution in [1.29, 1.82) is 0 Å². The van der Waals surface area contributed by atoms with E-state index in [9.17, 15) is 4.79 Å². The summed E-state index contributed by atoms with van der Waals surface area (Å²) in [6.45, 7) is 6.23. The average Bonchev–Trinajstić information content (AvgIpc) is 3.26. The van der Waals surface area contributed by atoms with Gasteiger partial charge in [-0.05, 0) is 24.3 Å². The zero-order valence-corrected chi connectivity index (χ0v) is 20.3. The van der Waals surface area contributed by atoms with Gasteiger partial charge < -0.3 is 29.6 Å². The quantitative estimate of drug-likeness (QED) is 0.377. The standard InChI is InChI=1S/C27H28N6O3/c1-4-26(34)29-21-15-22(25(35-3)16-24(21)33-11-13-36-14-12-33)31-27-28-10-9-20(30-27)19-17-32(2)23-8-6-5-7-18(19)23/h4-10,15-17H,1,11-14H2,2-3H3,(H,29,34)(H,28,30,31). The molecule has 5 rings (SSSR count). The van der Waals surface area contributed by atoms with Crippen LogP contribution in [0.25, 0.3) is 22.2 Å². The Morgan fingerprint density at radius 1 is 1.17 bits per heavy atom. The first kappa shape index (κ1) is 23.4. The van der Waals surface area contributed by atoms with Crippen LogP contribution >= 0.6 is 0 Å². The van der Waals surface area contributed by atoms with Gasteiger partial charge in [0.2, 0.25) is 11.9 Å². The second-order valence-electron chi connectivity index (χ2n) is 8.42. The molecule has 2 N–H and O–H groups in total. The minimum Gasteiger partial charge on any atom is -0.494 e. The molecular formula is C27H28N6O3. The number of para-hydroxylation sites is 1. The van der Waals surface area contributed by atoms with Gasteiger partial charge in [-0.25, -0.2) is 9.97 Å². The number of hydrogen-bond donors (Lipinski definition) is 2. The van der Waals surface area contributed by atoms with Gasteiger partial charge >= 0.3 is 0 Å². The summed E-state index contributed by atoms with van der Waals surface area (Å²) < 4.78 is 13.3. The second kappa shape index (κ2) is 10.1. The minimum absolute atomic E-state index is 0.296. The second-order valence-corrected chi connectivity index (χ2v) is 8.42. The summed E-state index contributed by atoms with van der Waals surface area (Å²) in [4.78, 5) is 23.6. The van der Waals surface area contributed by atoms with Crippen LogP contribution in [0.3, 0.4) is 0 Å². The Balaban J connectivity index is 1.52. The number of hydrogen-bond acceptors (Lipinski definition) is 7. The molecule has 1 fully saturated rings. The minimum atomic E-state index is -0.296. The number of nitrogens with one attached hydrogen (secondary N) is 2. The SMILES string of the molecule is C=CC(=O)Nc1cc(Nc2nccc(-c3cn(C)c4ccccc34)n2)c(OC)cc1N1CCOCC1. The predicted molar refractivity (Wildman–Crippen MR) is 142 cm³/mol. The Labute approximate surface area is 209 Å². The van der Waals surface area contributed by atoms with E-state index in [1.165, 1.54) is 6.08 Å². The molecule has 9 heteroatoms. The lowest BCUT2D eigenvalue weighted by molar-refractivity contribution is -0.111. The van der Waals surface area contributed by atoms with Crippen molar-refractivity contribution < 1.29 is 14.3 Å². The number of methoxy groups -OCH3 is 1. The summed E-state index contributed by atoms with van der Waals surface area (Å²) in [6, 6.07) is 13.8. The number of anilines is 4. The van der Waals surface area contributed by atoms with Crippen molar-refractivity contribution in [1.82, 2.24) is 14.5 Å². The fourth-order valence-electron chi connectivity index (χ4n) is 4.42. The molecule has 36 heavy (non-hydrogen) atoms. The molecular weight excluding hydrogens is 456 g/mol. The van der Waals surface area contributed by atoms with Gasteiger partial charge in [0.15, 0.2) is 0 Å². The molecule has 1 aliphatic rings. The Morgan fingerprint density at radius 2 is 1.97 bits per heavy atom. The van der Waals surface area contributed by atoms with E-state index in [-0.39, 0.29) is 5.91 Å². The molecule has 1 aliphatic heterocycles. The first-order chi connectivity index (χ1) is 17.6. The molecule has 0 spiro atoms. The highest BCUT2D eigenvalue weighted by molar-refractivity contribution is 6.02. The maximum atomic E-state index is 12.2. The number of ether oxygens (including phenoxy) is 2. The van der Waals surface area contributed by atoms with Crippen LogP contribution in [0.1, 0.15) is 0 Å². The normalized spacial score (nSPS) is 13.4. The summed E-state index contributed by atoms with van der Waals surface area (Å²) in [7, 11) is 3.63. The molecule has 2 aromatic heterocycles. The van der Waals surface area contributed by atoms with Crippen molar-refractivity contribution in [2.45, 2.75) is 0 Å². The summed E-state index contributed by atoms with van der Waals surface area (Å²) in [5, 5.41) is 7.31. The van der Waals surface area contributed by atoms with E-state index < -0.39 is 0 Å². The molecule has 0 aliphatic carbocycles. The summed E-state index contributed by atoms with van der Waals surface area (Å²) in [5.41, 5.74) is 5.06. The molecule has 2 aromatic carbocycles. The van der Waals surface area contributed by atoms with Crippen LogP contribution in [-0.4, -0.2) is 53.9 Å². The summed E-state index contributed by atoms with van der Waals surface area (Å²) >= 11 is 0. The number of carbonyl (C=O) groups is 1. The number of aryl methyl sites for hydroxylation is 1. The van der Waals surface area contributed by atoms with Crippen molar-refractivity contribution in [3.8, 4) is 17.0 Å². The van der Waals surface area contributed by atoms with E-state index in [1.54, 1.807) is 13.3 Å². The molecule has 4 aromatic rings. The third-order valence-corrected chi connectivity index (χ3v) is 6.19. The Morgan fingerprint density at radius 3 is 2.75 bits per heavy atom. The van der Waals surface area contributed by atoms with Crippen molar-refractivity contribution in [2.75, 3.05) is 48.9 Å². The molecule has 0 radical (unpaired) electrons. The molecule has 0 unspecified atom stereocenters. The van der Waals surface area contributed by atoms with Crippen LogP contribution in [-0.2, 0) is 16.6 Å². The van der Waals surface area contributed by atoms with E-state index in [1.807, 2.05) is 37.4 Å². The van der Waals surface area contributed by atoms with E-state index in [4.69, 9.17) is 14.5 Å². The van der Waals surface area contributed by atoms with Crippen LogP contribution in [0, 0.1) is 0 Å². The number of fused-ring (bicyclic) bond motifs is 1. The third kappa shape index (κ3) is 4.60. The van der Waals surface area contributed by atoms with Gasteiger partial charge in [-0.1, -0.05) is 24.8 Å². The van der Waals surface area contributed by atoms with Gasteiger partial charge in [0.1, 0.15) is 5.75 Å². The monoisotopic (exact) mass is 484 g/mol. The van der Waals surface area contributed by atoms with Crippen molar-refractivity contribution in [3.05, 3.63) is 67.5 Å². The van der Waals surface area contributed by atoms with Gasteiger partial charge in [0.25, 0.3) is 0 Å². The van der Waals surface area contributed by atoms with Crippen molar-refractivity contribution in [2.24, 2.45) is 7.05 Å². The van der Waals surface area contributed by atoms with Crippen molar-refractivity contribution in [3.63, 3.8) is 0 Å². The fraction of sp³-hybridized carbons (Fsp3) is 0.222. The van der Waals surface area contributed by atoms with E-state index in [2.05, 4.69) is 50.0 Å². The first-order valence-electron chi connectivity index (χ1n) is 11.7.